The number of carbonyl (C=O) groups excluding carboxylic acids is 3. The van der Waals surface area contributed by atoms with Crippen LogP contribution < -0.4 is 0 Å². The zero-order valence-corrected chi connectivity index (χ0v) is 52.9. The predicted molar refractivity (Wildman–Crippen MR) is 340 cm³/mol. The molecule has 0 aromatic rings. The monoisotopic (exact) mass is 1170 g/mol. The fraction of sp³-hybridized carbons (Fsp3) is 0.775. The van der Waals surface area contributed by atoms with Gasteiger partial charge in [-0.2, -0.15) is 0 Å². The summed E-state index contributed by atoms with van der Waals surface area (Å²) < 4.78 is 28.6. The summed E-state index contributed by atoms with van der Waals surface area (Å²) in [7, 11) is 0. The van der Waals surface area contributed by atoms with E-state index in [2.05, 4.69) is 93.7 Å². The molecule has 12 nitrogen and oxygen atoms in total. The molecule has 6 atom stereocenters. The Morgan fingerprint density at radius 1 is 0.410 bits per heavy atom. The third-order valence-electron chi connectivity index (χ3n) is 15.3. The molecule has 1 fully saturated rings. The van der Waals surface area contributed by atoms with Gasteiger partial charge in [0.05, 0.1) is 6.61 Å². The van der Waals surface area contributed by atoms with Gasteiger partial charge in [-0.25, -0.2) is 4.79 Å². The number of ether oxygens (including phenoxy) is 5. The fourth-order valence-electron chi connectivity index (χ4n) is 10.1. The molecule has 1 aliphatic heterocycles. The summed E-state index contributed by atoms with van der Waals surface area (Å²) in [6.07, 6.45) is 62.8. The van der Waals surface area contributed by atoms with Crippen LogP contribution in [0.25, 0.3) is 0 Å². The summed E-state index contributed by atoms with van der Waals surface area (Å²) in [6, 6.07) is 0. The SMILES string of the molecule is CC/C=C\C/C=C\C/C=C\C/C=C\CCCCCCC(=O)OC(COC(=O)CCCCCCCCCCC/C=C\C/C=C\CCCCC)COC1OC(C(=O)O)C(O)C(O)C1OC(=O)CCCCCCCCCCCCCCCCCCC. The molecule has 1 aliphatic rings. The lowest BCUT2D eigenvalue weighted by atomic mass is 9.98. The van der Waals surface area contributed by atoms with Crippen LogP contribution in [0.2, 0.25) is 0 Å². The van der Waals surface area contributed by atoms with Gasteiger partial charge in [0, 0.05) is 19.3 Å². The number of esters is 3. The highest BCUT2D eigenvalue weighted by atomic mass is 16.7. The van der Waals surface area contributed by atoms with Crippen LogP contribution in [0, 0.1) is 0 Å². The van der Waals surface area contributed by atoms with Gasteiger partial charge in [0.25, 0.3) is 0 Å². The fourth-order valence-corrected chi connectivity index (χ4v) is 10.1. The quantitative estimate of drug-likeness (QED) is 0.0228. The van der Waals surface area contributed by atoms with Crippen LogP contribution in [0.15, 0.2) is 72.9 Å². The molecular weight excluding hydrogens is 1040 g/mol. The number of unbranched alkanes of at least 4 members (excludes halogenated alkanes) is 32. The first-order chi connectivity index (χ1) is 40.6. The van der Waals surface area contributed by atoms with Crippen molar-refractivity contribution in [3.8, 4) is 0 Å². The number of hydrogen-bond acceptors (Lipinski definition) is 11. The van der Waals surface area contributed by atoms with Crippen molar-refractivity contribution >= 4 is 23.9 Å². The number of hydrogen-bond donors (Lipinski definition) is 3. The first-order valence-electron chi connectivity index (χ1n) is 33.9. The highest BCUT2D eigenvalue weighted by molar-refractivity contribution is 5.74. The van der Waals surface area contributed by atoms with Crippen molar-refractivity contribution in [3.63, 3.8) is 0 Å². The molecule has 0 radical (unpaired) electrons. The molecule has 0 saturated carbocycles. The Bertz CT molecular complexity index is 1720. The van der Waals surface area contributed by atoms with E-state index in [9.17, 15) is 34.5 Å². The summed E-state index contributed by atoms with van der Waals surface area (Å²) in [5.41, 5.74) is 0. The second kappa shape index (κ2) is 58.5. The van der Waals surface area contributed by atoms with E-state index in [1.807, 2.05) is 0 Å². The van der Waals surface area contributed by atoms with Crippen molar-refractivity contribution in [1.29, 1.82) is 0 Å². The van der Waals surface area contributed by atoms with Gasteiger partial charge in [-0.3, -0.25) is 14.4 Å². The number of allylic oxidation sites excluding steroid dienone is 12. The summed E-state index contributed by atoms with van der Waals surface area (Å²) in [6.45, 7) is 5.88. The molecule has 83 heavy (non-hydrogen) atoms. The molecule has 0 aromatic heterocycles. The topological polar surface area (TPSA) is 175 Å². The second-order valence-corrected chi connectivity index (χ2v) is 23.1. The number of carbonyl (C=O) groups is 4. The van der Waals surface area contributed by atoms with Crippen LogP contribution in [0.4, 0.5) is 0 Å². The maximum atomic E-state index is 13.2. The maximum absolute atomic E-state index is 13.2. The lowest BCUT2D eigenvalue weighted by Crippen LogP contribution is -2.61. The van der Waals surface area contributed by atoms with Crippen LogP contribution in [-0.4, -0.2) is 89.2 Å². The lowest BCUT2D eigenvalue weighted by molar-refractivity contribution is -0.301. The molecule has 0 aromatic carbocycles. The molecule has 12 heteroatoms. The van der Waals surface area contributed by atoms with Crippen LogP contribution in [0.5, 0.6) is 0 Å². The summed E-state index contributed by atoms with van der Waals surface area (Å²) >= 11 is 0. The van der Waals surface area contributed by atoms with Gasteiger partial charge in [-0.1, -0.05) is 267 Å². The molecule has 0 spiro atoms. The van der Waals surface area contributed by atoms with E-state index in [1.165, 1.54) is 135 Å². The van der Waals surface area contributed by atoms with E-state index in [-0.39, 0.29) is 25.9 Å². The van der Waals surface area contributed by atoms with E-state index >= 15 is 0 Å². The first kappa shape index (κ1) is 77.2. The minimum atomic E-state index is -1.91. The molecule has 3 N–H and O–H groups in total. The van der Waals surface area contributed by atoms with Gasteiger partial charge in [-0.15, -0.1) is 0 Å². The average molecular weight is 1170 g/mol. The minimum Gasteiger partial charge on any atom is -0.479 e. The van der Waals surface area contributed by atoms with Crippen molar-refractivity contribution in [2.45, 2.75) is 340 Å². The Morgan fingerprint density at radius 3 is 1.18 bits per heavy atom. The number of carboxylic acids is 1. The van der Waals surface area contributed by atoms with Gasteiger partial charge in [0.2, 0.25) is 0 Å². The Morgan fingerprint density at radius 2 is 0.759 bits per heavy atom. The van der Waals surface area contributed by atoms with Gasteiger partial charge in [0.1, 0.15) is 18.8 Å². The van der Waals surface area contributed by atoms with Gasteiger partial charge < -0.3 is 39.0 Å². The first-order valence-corrected chi connectivity index (χ1v) is 33.9. The molecule has 1 heterocycles. The van der Waals surface area contributed by atoms with E-state index in [1.54, 1.807) is 0 Å². The van der Waals surface area contributed by atoms with Crippen LogP contribution in [0.1, 0.15) is 303 Å². The van der Waals surface area contributed by atoms with Gasteiger partial charge in [0.15, 0.2) is 24.6 Å². The highest BCUT2D eigenvalue weighted by Gasteiger charge is 2.50. The van der Waals surface area contributed by atoms with Crippen molar-refractivity contribution in [1.82, 2.24) is 0 Å². The van der Waals surface area contributed by atoms with Crippen LogP contribution >= 0.6 is 0 Å². The van der Waals surface area contributed by atoms with Crippen molar-refractivity contribution in [2.75, 3.05) is 13.2 Å². The zero-order valence-electron chi connectivity index (χ0n) is 52.9. The lowest BCUT2D eigenvalue weighted by Gasteiger charge is -2.40. The highest BCUT2D eigenvalue weighted by Crippen LogP contribution is 2.27. The molecule has 1 rings (SSSR count). The molecular formula is C71H122O12. The third kappa shape index (κ3) is 48.0. The normalized spacial score (nSPS) is 18.0. The number of aliphatic hydroxyl groups is 2. The summed E-state index contributed by atoms with van der Waals surface area (Å²) in [5, 5.41) is 31.6. The van der Waals surface area contributed by atoms with E-state index in [0.717, 1.165) is 109 Å². The van der Waals surface area contributed by atoms with Crippen LogP contribution in [-0.2, 0) is 42.9 Å². The largest absolute Gasteiger partial charge is 0.479 e. The standard InChI is InChI=1S/C71H122O12/c1-4-7-10-13-16-19-22-25-28-31-32-35-36-39-42-45-48-51-54-57-63(72)79-60-62(81-64(73)58-55-52-49-46-43-40-37-33-29-26-23-20-17-14-11-8-5-2)61-80-71-69(67(76)66(75)68(83-71)70(77)78)82-65(74)59-56-53-50-47-44-41-38-34-30-27-24-21-18-15-12-9-6-3/h8,11,16-17,19-20,25-26,28-29,37,40,62,66-69,71,75-76H,4-7,9-10,12-15,18,21-24,27,30-36,38-39,41-61H2,1-3H3,(H,77,78)/b11-8-,19-16-,20-17-,28-25-,29-26-,40-37-. The van der Waals surface area contributed by atoms with E-state index in [4.69, 9.17) is 23.7 Å². The smallest absolute Gasteiger partial charge is 0.335 e. The number of aliphatic carboxylic acids is 1. The Hall–Kier alpha value is -3.84. The second-order valence-electron chi connectivity index (χ2n) is 23.1. The van der Waals surface area contributed by atoms with E-state index in [0.29, 0.717) is 19.3 Å². The molecule has 478 valence electrons. The Kier molecular flexibility index (Phi) is 54.4. The van der Waals surface area contributed by atoms with Crippen molar-refractivity contribution in [2.24, 2.45) is 0 Å². The molecule has 0 bridgehead atoms. The zero-order chi connectivity index (χ0) is 60.3. The predicted octanol–water partition coefficient (Wildman–Crippen LogP) is 18.5. The molecule has 6 unspecified atom stereocenters. The third-order valence-corrected chi connectivity index (χ3v) is 15.3. The number of rotatable bonds is 58. The molecule has 1 saturated heterocycles. The van der Waals surface area contributed by atoms with E-state index < -0.39 is 67.3 Å². The Labute approximate surface area is 506 Å². The van der Waals surface area contributed by atoms with Gasteiger partial charge in [-0.05, 0) is 89.9 Å². The maximum Gasteiger partial charge on any atom is 0.335 e. The molecule has 0 aliphatic carbocycles. The number of carboxylic acid groups (broad SMARTS) is 1. The van der Waals surface area contributed by atoms with Crippen molar-refractivity contribution in [3.05, 3.63) is 72.9 Å². The van der Waals surface area contributed by atoms with Crippen LogP contribution in [0.3, 0.4) is 0 Å². The minimum absolute atomic E-state index is 0.0594. The van der Waals surface area contributed by atoms with Gasteiger partial charge >= 0.3 is 23.9 Å². The average Bonchev–Trinajstić information content (AvgIpc) is 3.59. The Balaban J connectivity index is 2.66. The number of aliphatic hydroxyl groups excluding tert-OH is 2. The van der Waals surface area contributed by atoms with Crippen molar-refractivity contribution < 1.29 is 58.2 Å². The molecule has 0 amide bonds. The summed E-state index contributed by atoms with van der Waals surface area (Å²) in [5.74, 6) is -3.14. The summed E-state index contributed by atoms with van der Waals surface area (Å²) in [4.78, 5) is 51.4.